The number of para-hydroxylation sites is 1. The van der Waals surface area contributed by atoms with Crippen LogP contribution >= 0.6 is 11.3 Å². The molecular formula is C29H24FN3O3S. The second-order valence-corrected chi connectivity index (χ2v) is 9.72. The van der Waals surface area contributed by atoms with Gasteiger partial charge in [0, 0.05) is 22.7 Å². The van der Waals surface area contributed by atoms with Crippen LogP contribution < -0.4 is 10.1 Å². The number of nitrogens with one attached hydrogen (secondary N) is 1. The average Bonchev–Trinajstić information content (AvgIpc) is 3.37. The van der Waals surface area contributed by atoms with Gasteiger partial charge in [0.25, 0.3) is 5.19 Å². The quantitative estimate of drug-likeness (QED) is 0.237. The third-order valence-electron chi connectivity index (χ3n) is 6.15. The molecule has 0 saturated heterocycles. The largest absolute Gasteiger partial charge is 0.478 e. The Bertz CT molecular complexity index is 1620. The minimum absolute atomic E-state index is 0.206. The fraction of sp³-hybridized carbons (Fsp3) is 0.138. The predicted molar refractivity (Wildman–Crippen MR) is 145 cm³/mol. The standard InChI is InChI=1S/C29H24FN3O3S/c1-16-12-21(17(2)32-24-7-5-4-6-20(24)28(34)35)23-14-22(18-8-10-19(30)11-9-18)27(33-25(23)13-16)26-15-31-29(36-3)37-26/h4-15,17,32H,1-3H3,(H,34,35). The van der Waals surface area contributed by atoms with Gasteiger partial charge in [-0.05, 0) is 66.9 Å². The summed E-state index contributed by atoms with van der Waals surface area (Å²) in [7, 11) is 1.57. The number of benzene rings is 3. The molecule has 2 heterocycles. The lowest BCUT2D eigenvalue weighted by molar-refractivity contribution is 0.0698. The molecule has 0 aliphatic heterocycles. The van der Waals surface area contributed by atoms with E-state index in [1.54, 1.807) is 49.7 Å². The topological polar surface area (TPSA) is 84.3 Å². The molecule has 0 spiro atoms. The summed E-state index contributed by atoms with van der Waals surface area (Å²) in [4.78, 5) is 21.9. The molecule has 0 radical (unpaired) electrons. The molecular weight excluding hydrogens is 489 g/mol. The van der Waals surface area contributed by atoms with Crippen molar-refractivity contribution < 1.29 is 19.0 Å². The summed E-state index contributed by atoms with van der Waals surface area (Å²) in [5.74, 6) is -1.31. The number of aromatic nitrogens is 2. The number of carboxylic acids is 1. The minimum Gasteiger partial charge on any atom is -0.478 e. The molecule has 1 atom stereocenters. The lowest BCUT2D eigenvalue weighted by atomic mass is 9.94. The summed E-state index contributed by atoms with van der Waals surface area (Å²) in [5, 5.41) is 14.4. The van der Waals surface area contributed by atoms with E-state index >= 15 is 0 Å². The maximum Gasteiger partial charge on any atom is 0.337 e. The van der Waals surface area contributed by atoms with E-state index in [1.807, 2.05) is 19.9 Å². The lowest BCUT2D eigenvalue weighted by Gasteiger charge is -2.21. The Morgan fingerprint density at radius 3 is 2.57 bits per heavy atom. The van der Waals surface area contributed by atoms with E-state index in [9.17, 15) is 14.3 Å². The highest BCUT2D eigenvalue weighted by Gasteiger charge is 2.19. The van der Waals surface area contributed by atoms with Crippen LogP contribution in [-0.4, -0.2) is 28.2 Å². The van der Waals surface area contributed by atoms with Crippen molar-refractivity contribution in [1.82, 2.24) is 9.97 Å². The molecule has 5 rings (SSSR count). The number of hydrogen-bond donors (Lipinski definition) is 2. The molecule has 37 heavy (non-hydrogen) atoms. The highest BCUT2D eigenvalue weighted by Crippen LogP contribution is 2.40. The zero-order chi connectivity index (χ0) is 26.1. The summed E-state index contributed by atoms with van der Waals surface area (Å²) >= 11 is 1.39. The lowest BCUT2D eigenvalue weighted by Crippen LogP contribution is -2.11. The van der Waals surface area contributed by atoms with Crippen molar-refractivity contribution in [3.63, 3.8) is 0 Å². The fourth-order valence-electron chi connectivity index (χ4n) is 4.41. The number of anilines is 1. The molecule has 2 N–H and O–H groups in total. The van der Waals surface area contributed by atoms with Crippen molar-refractivity contribution in [2.75, 3.05) is 12.4 Å². The minimum atomic E-state index is -0.991. The van der Waals surface area contributed by atoms with Gasteiger partial charge in [0.1, 0.15) is 5.82 Å². The number of methoxy groups -OCH3 is 1. The predicted octanol–water partition coefficient (Wildman–Crippen LogP) is 7.35. The first kappa shape index (κ1) is 24.4. The third-order valence-corrected chi connectivity index (χ3v) is 7.12. The van der Waals surface area contributed by atoms with Gasteiger partial charge in [-0.2, -0.15) is 0 Å². The van der Waals surface area contributed by atoms with Crippen LogP contribution in [0.4, 0.5) is 10.1 Å². The first-order chi connectivity index (χ1) is 17.8. The summed E-state index contributed by atoms with van der Waals surface area (Å²) in [6.45, 7) is 4.00. The van der Waals surface area contributed by atoms with E-state index in [-0.39, 0.29) is 17.4 Å². The molecule has 0 aliphatic rings. The highest BCUT2D eigenvalue weighted by molar-refractivity contribution is 7.16. The molecule has 186 valence electrons. The van der Waals surface area contributed by atoms with Gasteiger partial charge < -0.3 is 15.2 Å². The number of aryl methyl sites for hydroxylation is 1. The molecule has 2 aromatic heterocycles. The van der Waals surface area contributed by atoms with Crippen LogP contribution in [0.15, 0.2) is 72.9 Å². The van der Waals surface area contributed by atoms with Crippen LogP contribution in [-0.2, 0) is 0 Å². The number of hydrogen-bond acceptors (Lipinski definition) is 6. The zero-order valence-corrected chi connectivity index (χ0v) is 21.3. The molecule has 0 aliphatic carbocycles. The Morgan fingerprint density at radius 1 is 1.11 bits per heavy atom. The first-order valence-electron chi connectivity index (χ1n) is 11.6. The Balaban J connectivity index is 1.69. The van der Waals surface area contributed by atoms with Gasteiger partial charge in [-0.15, -0.1) is 0 Å². The summed E-state index contributed by atoms with van der Waals surface area (Å²) in [6.07, 6.45) is 1.73. The Labute approximate surface area is 217 Å². The fourth-order valence-corrected chi connectivity index (χ4v) is 5.15. The van der Waals surface area contributed by atoms with Crippen LogP contribution in [0.25, 0.3) is 32.6 Å². The summed E-state index contributed by atoms with van der Waals surface area (Å²) in [6, 6.07) is 19.1. The van der Waals surface area contributed by atoms with Gasteiger partial charge in [-0.25, -0.2) is 19.2 Å². The maximum absolute atomic E-state index is 13.7. The van der Waals surface area contributed by atoms with Gasteiger partial charge in [0.15, 0.2) is 0 Å². The molecule has 0 bridgehead atoms. The molecule has 6 nitrogen and oxygen atoms in total. The van der Waals surface area contributed by atoms with Crippen molar-refractivity contribution in [2.45, 2.75) is 19.9 Å². The number of ether oxygens (including phenoxy) is 1. The Kier molecular flexibility index (Phi) is 6.58. The van der Waals surface area contributed by atoms with Gasteiger partial charge in [-0.3, -0.25) is 0 Å². The number of carbonyl (C=O) groups is 1. The third kappa shape index (κ3) is 4.88. The van der Waals surface area contributed by atoms with E-state index in [2.05, 4.69) is 22.4 Å². The van der Waals surface area contributed by atoms with E-state index in [0.29, 0.717) is 10.9 Å². The molecule has 1 unspecified atom stereocenters. The molecule has 8 heteroatoms. The first-order valence-corrected chi connectivity index (χ1v) is 12.5. The normalized spacial score (nSPS) is 11.9. The van der Waals surface area contributed by atoms with Gasteiger partial charge in [-0.1, -0.05) is 41.7 Å². The summed E-state index contributed by atoms with van der Waals surface area (Å²) in [5.41, 5.74) is 5.92. The van der Waals surface area contributed by atoms with Crippen molar-refractivity contribution >= 4 is 33.9 Å². The molecule has 0 fully saturated rings. The number of rotatable bonds is 7. The second kappa shape index (κ2) is 9.99. The maximum atomic E-state index is 13.7. The van der Waals surface area contributed by atoms with Crippen molar-refractivity contribution in [2.24, 2.45) is 0 Å². The molecule has 3 aromatic carbocycles. The zero-order valence-electron chi connectivity index (χ0n) is 20.4. The van der Waals surface area contributed by atoms with Crippen LogP contribution in [0.2, 0.25) is 0 Å². The number of halogens is 1. The highest BCUT2D eigenvalue weighted by atomic mass is 32.1. The number of nitrogens with zero attached hydrogens (tertiary/aromatic N) is 2. The monoisotopic (exact) mass is 513 g/mol. The summed E-state index contributed by atoms with van der Waals surface area (Å²) < 4.78 is 19.0. The van der Waals surface area contributed by atoms with E-state index in [4.69, 9.17) is 9.72 Å². The smallest absolute Gasteiger partial charge is 0.337 e. The van der Waals surface area contributed by atoms with Gasteiger partial charge >= 0.3 is 5.97 Å². The number of fused-ring (bicyclic) bond motifs is 1. The Hall–Kier alpha value is -4.30. The van der Waals surface area contributed by atoms with Gasteiger partial charge in [0.05, 0.1) is 35.0 Å². The average molecular weight is 514 g/mol. The number of carboxylic acid groups (broad SMARTS) is 1. The number of thiazole rings is 1. The number of pyridine rings is 1. The van der Waals surface area contributed by atoms with Crippen LogP contribution in [0, 0.1) is 12.7 Å². The van der Waals surface area contributed by atoms with E-state index in [1.165, 1.54) is 23.5 Å². The van der Waals surface area contributed by atoms with Crippen molar-refractivity contribution in [3.05, 3.63) is 95.4 Å². The van der Waals surface area contributed by atoms with Crippen LogP contribution in [0.3, 0.4) is 0 Å². The van der Waals surface area contributed by atoms with Crippen molar-refractivity contribution in [3.8, 4) is 26.9 Å². The SMILES string of the molecule is COc1ncc(-c2nc3cc(C)cc(C(C)Nc4ccccc4C(=O)O)c3cc2-c2ccc(F)cc2)s1. The second-order valence-electron chi connectivity index (χ2n) is 8.72. The van der Waals surface area contributed by atoms with E-state index < -0.39 is 5.97 Å². The molecule has 5 aromatic rings. The van der Waals surface area contributed by atoms with E-state index in [0.717, 1.165) is 43.7 Å². The molecule has 0 amide bonds. The van der Waals surface area contributed by atoms with Crippen LogP contribution in [0.5, 0.6) is 5.19 Å². The van der Waals surface area contributed by atoms with Gasteiger partial charge in [0.2, 0.25) is 0 Å². The van der Waals surface area contributed by atoms with Crippen molar-refractivity contribution in [1.29, 1.82) is 0 Å². The Morgan fingerprint density at radius 2 is 1.86 bits per heavy atom. The number of aromatic carboxylic acids is 1. The molecule has 0 saturated carbocycles. The van der Waals surface area contributed by atoms with Crippen LogP contribution in [0.1, 0.15) is 34.5 Å².